The van der Waals surface area contributed by atoms with Crippen molar-refractivity contribution in [2.75, 3.05) is 35.8 Å². The molecule has 0 bridgehead atoms. The molecule has 0 aliphatic heterocycles. The molecule has 0 saturated heterocycles. The maximum absolute atomic E-state index is 13.4. The van der Waals surface area contributed by atoms with E-state index in [1.165, 1.54) is 0 Å². The van der Waals surface area contributed by atoms with Gasteiger partial charge in [-0.2, -0.15) is 0 Å². The van der Waals surface area contributed by atoms with Crippen molar-refractivity contribution in [1.82, 2.24) is 0 Å². The van der Waals surface area contributed by atoms with Gasteiger partial charge < -0.3 is 25.3 Å². The van der Waals surface area contributed by atoms with Gasteiger partial charge in [0.05, 0.1) is 36.9 Å². The van der Waals surface area contributed by atoms with Crippen LogP contribution < -0.4 is 30.2 Å². The number of benzene rings is 3. The third-order valence-electron chi connectivity index (χ3n) is 4.53. The summed E-state index contributed by atoms with van der Waals surface area (Å²) >= 11 is 0. The van der Waals surface area contributed by atoms with Gasteiger partial charge >= 0.3 is 6.03 Å². The van der Waals surface area contributed by atoms with Crippen LogP contribution in [0.5, 0.6) is 17.2 Å². The summed E-state index contributed by atoms with van der Waals surface area (Å²) in [6.45, 7) is 7.03. The molecule has 0 fully saturated rings. The number of rotatable bonds is 9. The molecular formula is C25H29N3O4. The van der Waals surface area contributed by atoms with E-state index >= 15 is 0 Å². The van der Waals surface area contributed by atoms with Crippen molar-refractivity contribution in [1.29, 1.82) is 0 Å². The fourth-order valence-electron chi connectivity index (χ4n) is 3.22. The zero-order valence-corrected chi connectivity index (χ0v) is 18.6. The molecule has 0 aromatic heterocycles. The third-order valence-corrected chi connectivity index (χ3v) is 4.53. The van der Waals surface area contributed by atoms with Crippen LogP contribution in [0.25, 0.3) is 0 Å². The molecular weight excluding hydrogens is 406 g/mol. The number of hydrogen-bond acceptors (Lipinski definition) is 5. The van der Waals surface area contributed by atoms with Crippen LogP contribution in [0.2, 0.25) is 0 Å². The smallest absolute Gasteiger partial charge is 0.330 e. The topological polar surface area (TPSA) is 86.1 Å². The zero-order valence-electron chi connectivity index (χ0n) is 18.6. The molecule has 0 spiro atoms. The second-order valence-electron chi connectivity index (χ2n) is 6.79. The Bertz CT molecular complexity index is 996. The quantitative estimate of drug-likeness (QED) is 0.413. The van der Waals surface area contributed by atoms with E-state index in [0.717, 1.165) is 5.69 Å². The summed E-state index contributed by atoms with van der Waals surface area (Å²) in [6, 6.07) is 19.7. The van der Waals surface area contributed by atoms with Crippen LogP contribution in [-0.4, -0.2) is 25.9 Å². The van der Waals surface area contributed by atoms with Crippen molar-refractivity contribution >= 4 is 28.8 Å². The minimum Gasteiger partial charge on any atom is -0.490 e. The molecule has 3 N–H and O–H groups in total. The second-order valence-corrected chi connectivity index (χ2v) is 6.79. The lowest BCUT2D eigenvalue weighted by molar-refractivity contribution is 0.258. The number of hydrogen-bond donors (Lipinski definition) is 2. The van der Waals surface area contributed by atoms with Crippen LogP contribution in [0.3, 0.4) is 0 Å². The lowest BCUT2D eigenvalue weighted by Crippen LogP contribution is -2.30. The minimum atomic E-state index is -0.338. The molecule has 0 heterocycles. The van der Waals surface area contributed by atoms with Gasteiger partial charge in [-0.15, -0.1) is 0 Å². The van der Waals surface area contributed by atoms with Crippen molar-refractivity contribution in [2.45, 2.75) is 20.8 Å². The Morgan fingerprint density at radius 2 is 1.34 bits per heavy atom. The molecule has 168 valence electrons. The number of nitrogen functional groups attached to an aromatic ring is 1. The summed E-state index contributed by atoms with van der Waals surface area (Å²) in [5.74, 6) is 1.54. The summed E-state index contributed by atoms with van der Waals surface area (Å²) in [7, 11) is 0. The van der Waals surface area contributed by atoms with Gasteiger partial charge in [0.2, 0.25) is 5.75 Å². The van der Waals surface area contributed by atoms with Crippen molar-refractivity contribution in [3.05, 3.63) is 66.7 Å². The Morgan fingerprint density at radius 3 is 1.88 bits per heavy atom. The molecule has 0 unspecified atom stereocenters. The van der Waals surface area contributed by atoms with Gasteiger partial charge in [-0.3, -0.25) is 4.90 Å². The highest BCUT2D eigenvalue weighted by Crippen LogP contribution is 2.41. The number of nitrogens with zero attached hydrogens (tertiary/aromatic N) is 1. The minimum absolute atomic E-state index is 0.338. The average molecular weight is 436 g/mol. The molecule has 3 rings (SSSR count). The Morgan fingerprint density at radius 1 is 0.812 bits per heavy atom. The Labute approximate surface area is 188 Å². The summed E-state index contributed by atoms with van der Waals surface area (Å²) in [6.07, 6.45) is 0. The van der Waals surface area contributed by atoms with E-state index in [-0.39, 0.29) is 6.03 Å². The van der Waals surface area contributed by atoms with Crippen molar-refractivity contribution < 1.29 is 19.0 Å². The van der Waals surface area contributed by atoms with E-state index in [4.69, 9.17) is 19.9 Å². The molecule has 7 heteroatoms. The van der Waals surface area contributed by atoms with Crippen LogP contribution in [0, 0.1) is 0 Å². The van der Waals surface area contributed by atoms with E-state index in [9.17, 15) is 4.79 Å². The van der Waals surface area contributed by atoms with E-state index in [0.29, 0.717) is 54.1 Å². The standard InChI is InChI=1S/C25H29N3O4/c1-4-30-22-16-19(17-23(31-5-2)24(22)32-6-3)27-25(29)28(20-10-8-7-9-11-20)21-14-12-18(26)13-15-21/h7-17H,4-6,26H2,1-3H3,(H,27,29). The number of carbonyl (C=O) groups is 1. The van der Waals surface area contributed by atoms with Crippen molar-refractivity contribution in [2.24, 2.45) is 0 Å². The van der Waals surface area contributed by atoms with E-state index in [2.05, 4.69) is 5.32 Å². The highest BCUT2D eigenvalue weighted by atomic mass is 16.5. The number of para-hydroxylation sites is 1. The molecule has 7 nitrogen and oxygen atoms in total. The normalized spacial score (nSPS) is 10.3. The van der Waals surface area contributed by atoms with Crippen LogP contribution in [0.1, 0.15) is 20.8 Å². The van der Waals surface area contributed by atoms with E-state index < -0.39 is 0 Å². The van der Waals surface area contributed by atoms with Gasteiger partial charge in [0.1, 0.15) is 0 Å². The Kier molecular flexibility index (Phi) is 7.80. The molecule has 0 atom stereocenters. The maximum Gasteiger partial charge on any atom is 0.330 e. The Hall–Kier alpha value is -3.87. The summed E-state index contributed by atoms with van der Waals surface area (Å²) in [4.78, 5) is 15.0. The molecule has 0 aliphatic rings. The number of amides is 2. The SMILES string of the molecule is CCOc1cc(NC(=O)N(c2ccccc2)c2ccc(N)cc2)cc(OCC)c1OCC. The number of nitrogens with two attached hydrogens (primary N) is 1. The highest BCUT2D eigenvalue weighted by Gasteiger charge is 2.21. The van der Waals surface area contributed by atoms with Crippen LogP contribution in [0.15, 0.2) is 66.7 Å². The predicted molar refractivity (Wildman–Crippen MR) is 128 cm³/mol. The molecule has 2 amide bonds. The number of urea groups is 1. The van der Waals surface area contributed by atoms with E-state index in [1.807, 2.05) is 51.1 Å². The third kappa shape index (κ3) is 5.43. The van der Waals surface area contributed by atoms with Gasteiger partial charge in [0.25, 0.3) is 0 Å². The van der Waals surface area contributed by atoms with Crippen molar-refractivity contribution in [3.8, 4) is 17.2 Å². The van der Waals surface area contributed by atoms with Crippen LogP contribution >= 0.6 is 0 Å². The molecule has 0 aliphatic carbocycles. The van der Waals surface area contributed by atoms with Crippen LogP contribution in [0.4, 0.5) is 27.5 Å². The fourth-order valence-corrected chi connectivity index (χ4v) is 3.22. The number of nitrogens with one attached hydrogen (secondary N) is 1. The molecule has 0 radical (unpaired) electrons. The first-order valence-electron chi connectivity index (χ1n) is 10.7. The Balaban J connectivity index is 1.99. The molecule has 3 aromatic rings. The lowest BCUT2D eigenvalue weighted by Gasteiger charge is -2.24. The predicted octanol–water partition coefficient (Wildman–Crippen LogP) is 5.84. The van der Waals surface area contributed by atoms with Gasteiger partial charge in [0, 0.05) is 17.8 Å². The molecule has 32 heavy (non-hydrogen) atoms. The van der Waals surface area contributed by atoms with Gasteiger partial charge in [-0.1, -0.05) is 18.2 Å². The van der Waals surface area contributed by atoms with E-state index in [1.54, 1.807) is 41.3 Å². The summed E-state index contributed by atoms with van der Waals surface area (Å²) in [5, 5.41) is 2.96. The molecule has 3 aromatic carbocycles. The highest BCUT2D eigenvalue weighted by molar-refractivity contribution is 6.07. The first-order chi connectivity index (χ1) is 15.6. The first-order valence-corrected chi connectivity index (χ1v) is 10.7. The summed E-state index contributed by atoms with van der Waals surface area (Å²) < 4.78 is 17.3. The summed E-state index contributed by atoms with van der Waals surface area (Å²) in [5.41, 5.74) is 8.39. The first kappa shape index (κ1) is 22.8. The molecule has 0 saturated carbocycles. The monoisotopic (exact) mass is 435 g/mol. The number of ether oxygens (including phenoxy) is 3. The number of anilines is 4. The van der Waals surface area contributed by atoms with Gasteiger partial charge in [0.15, 0.2) is 11.5 Å². The lowest BCUT2D eigenvalue weighted by atomic mass is 10.2. The fraction of sp³-hybridized carbons (Fsp3) is 0.240. The number of carbonyl (C=O) groups excluding carboxylic acids is 1. The second kappa shape index (κ2) is 10.9. The average Bonchev–Trinajstić information content (AvgIpc) is 2.79. The zero-order chi connectivity index (χ0) is 22.9. The largest absolute Gasteiger partial charge is 0.490 e. The maximum atomic E-state index is 13.4. The van der Waals surface area contributed by atoms with Crippen LogP contribution in [-0.2, 0) is 0 Å². The van der Waals surface area contributed by atoms with Gasteiger partial charge in [-0.05, 0) is 57.2 Å². The van der Waals surface area contributed by atoms with Crippen molar-refractivity contribution in [3.63, 3.8) is 0 Å². The van der Waals surface area contributed by atoms with Gasteiger partial charge in [-0.25, -0.2) is 4.79 Å².